The van der Waals surface area contributed by atoms with Gasteiger partial charge in [0.15, 0.2) is 6.23 Å². The number of carbonyl (C=O) groups is 2. The van der Waals surface area contributed by atoms with Gasteiger partial charge in [-0.2, -0.15) is 0 Å². The summed E-state index contributed by atoms with van der Waals surface area (Å²) in [5.74, 6) is -0.489. The molecule has 208 valence electrons. The Morgan fingerprint density at radius 3 is 2.33 bits per heavy atom. The predicted molar refractivity (Wildman–Crippen MR) is 157 cm³/mol. The number of anilines is 3. The number of amides is 2. The van der Waals surface area contributed by atoms with Gasteiger partial charge in [-0.25, -0.2) is 4.39 Å². The van der Waals surface area contributed by atoms with Crippen LogP contribution in [-0.4, -0.2) is 21.5 Å². The van der Waals surface area contributed by atoms with Crippen molar-refractivity contribution in [3.63, 3.8) is 0 Å². The molecule has 1 fully saturated rings. The number of fused-ring (bicyclic) bond motifs is 1. The third kappa shape index (κ3) is 6.34. The molecule has 0 saturated heterocycles. The SMILES string of the molecule is CC(=O)Nc1ccc(NC(O)c2cc3cc(NC(=O)CC4(C)CCCC4)ccc3n2Cc2ccccc2F)cc1. The molecule has 1 heterocycles. The minimum atomic E-state index is -1.11. The van der Waals surface area contributed by atoms with E-state index in [1.165, 1.54) is 25.8 Å². The summed E-state index contributed by atoms with van der Waals surface area (Å²) in [5.41, 5.74) is 3.89. The van der Waals surface area contributed by atoms with Gasteiger partial charge in [-0.05, 0) is 72.9 Å². The van der Waals surface area contributed by atoms with Gasteiger partial charge in [-0.15, -0.1) is 0 Å². The van der Waals surface area contributed by atoms with Gasteiger partial charge < -0.3 is 25.6 Å². The Morgan fingerprint density at radius 1 is 0.950 bits per heavy atom. The van der Waals surface area contributed by atoms with E-state index in [1.807, 2.05) is 28.8 Å². The third-order valence-corrected chi connectivity index (χ3v) is 7.69. The standard InChI is InChI=1S/C32H35FN4O3/c1-21(38)34-24-9-11-25(12-10-24)36-31(40)29-18-23-17-26(35-30(39)19-32(2)15-5-6-16-32)13-14-28(23)37(29)20-22-7-3-4-8-27(22)33/h3-4,7-14,17-18,31,36,40H,5-6,15-16,19-20H2,1-2H3,(H,34,38)(H,35,39). The number of rotatable bonds is 9. The fourth-order valence-electron chi connectivity index (χ4n) is 5.65. The molecule has 7 nitrogen and oxygen atoms in total. The average Bonchev–Trinajstić information content (AvgIpc) is 3.49. The summed E-state index contributed by atoms with van der Waals surface area (Å²) < 4.78 is 16.5. The third-order valence-electron chi connectivity index (χ3n) is 7.69. The summed E-state index contributed by atoms with van der Waals surface area (Å²) in [6.45, 7) is 3.84. The van der Waals surface area contributed by atoms with Crippen LogP contribution in [0.3, 0.4) is 0 Å². The van der Waals surface area contributed by atoms with Crippen LogP contribution in [0.25, 0.3) is 10.9 Å². The van der Waals surface area contributed by atoms with Gasteiger partial charge in [-0.1, -0.05) is 38.0 Å². The first-order valence-corrected chi connectivity index (χ1v) is 13.7. The molecule has 1 aliphatic rings. The molecule has 5 rings (SSSR count). The summed E-state index contributed by atoms with van der Waals surface area (Å²) in [6.07, 6.45) is 3.87. The molecule has 0 bridgehead atoms. The Labute approximate surface area is 233 Å². The van der Waals surface area contributed by atoms with E-state index in [0.717, 1.165) is 23.7 Å². The number of aliphatic hydroxyl groups is 1. The highest BCUT2D eigenvalue weighted by Gasteiger charge is 2.31. The summed E-state index contributed by atoms with van der Waals surface area (Å²) in [4.78, 5) is 24.1. The number of halogens is 1. The first-order valence-electron chi connectivity index (χ1n) is 13.7. The van der Waals surface area contributed by atoms with Crippen LogP contribution in [0.1, 0.15) is 63.4 Å². The van der Waals surface area contributed by atoms with E-state index in [9.17, 15) is 19.1 Å². The first-order chi connectivity index (χ1) is 19.2. The average molecular weight is 543 g/mol. The topological polar surface area (TPSA) is 95.4 Å². The summed E-state index contributed by atoms with van der Waals surface area (Å²) in [5, 5.41) is 20.9. The van der Waals surface area contributed by atoms with Crippen molar-refractivity contribution < 1.29 is 19.1 Å². The highest BCUT2D eigenvalue weighted by molar-refractivity contribution is 5.94. The molecule has 1 atom stereocenters. The number of hydrogen-bond acceptors (Lipinski definition) is 4. The zero-order chi connectivity index (χ0) is 28.3. The van der Waals surface area contributed by atoms with E-state index in [-0.39, 0.29) is 29.6 Å². The fourth-order valence-corrected chi connectivity index (χ4v) is 5.65. The van der Waals surface area contributed by atoms with E-state index in [4.69, 9.17) is 0 Å². The van der Waals surface area contributed by atoms with Gasteiger partial charge in [0.2, 0.25) is 11.8 Å². The van der Waals surface area contributed by atoms with Crippen molar-refractivity contribution in [2.75, 3.05) is 16.0 Å². The van der Waals surface area contributed by atoms with Gasteiger partial charge in [-0.3, -0.25) is 9.59 Å². The maximum Gasteiger partial charge on any atom is 0.224 e. The molecular weight excluding hydrogens is 507 g/mol. The van der Waals surface area contributed by atoms with E-state index in [0.29, 0.717) is 34.7 Å². The van der Waals surface area contributed by atoms with E-state index < -0.39 is 6.23 Å². The summed E-state index contributed by atoms with van der Waals surface area (Å²) in [6, 6.07) is 21.1. The maximum atomic E-state index is 14.6. The van der Waals surface area contributed by atoms with E-state index >= 15 is 0 Å². The molecule has 4 N–H and O–H groups in total. The number of aliphatic hydroxyl groups excluding tert-OH is 1. The zero-order valence-electron chi connectivity index (χ0n) is 22.8. The number of hydrogen-bond donors (Lipinski definition) is 4. The normalized spacial score (nSPS) is 15.1. The van der Waals surface area contributed by atoms with Crippen LogP contribution in [0.15, 0.2) is 72.8 Å². The molecular formula is C32H35FN4O3. The second-order valence-electron chi connectivity index (χ2n) is 11.1. The Bertz CT molecular complexity index is 1520. The zero-order valence-corrected chi connectivity index (χ0v) is 22.8. The smallest absolute Gasteiger partial charge is 0.224 e. The second kappa shape index (κ2) is 11.5. The highest BCUT2D eigenvalue weighted by Crippen LogP contribution is 2.40. The maximum absolute atomic E-state index is 14.6. The van der Waals surface area contributed by atoms with Gasteiger partial charge in [0.1, 0.15) is 5.82 Å². The molecule has 1 aromatic heterocycles. The lowest BCUT2D eigenvalue weighted by atomic mass is 9.85. The van der Waals surface area contributed by atoms with Crippen molar-refractivity contribution in [1.29, 1.82) is 0 Å². The van der Waals surface area contributed by atoms with Crippen molar-refractivity contribution in [3.05, 3.63) is 89.9 Å². The van der Waals surface area contributed by atoms with Crippen LogP contribution < -0.4 is 16.0 Å². The molecule has 0 spiro atoms. The predicted octanol–water partition coefficient (Wildman–Crippen LogP) is 6.80. The van der Waals surface area contributed by atoms with Crippen LogP contribution in [0, 0.1) is 11.2 Å². The van der Waals surface area contributed by atoms with Crippen molar-refractivity contribution in [1.82, 2.24) is 4.57 Å². The molecule has 1 saturated carbocycles. The second-order valence-corrected chi connectivity index (χ2v) is 11.1. The molecule has 3 aromatic carbocycles. The number of nitrogens with one attached hydrogen (secondary N) is 3. The van der Waals surface area contributed by atoms with Crippen LogP contribution in [0.4, 0.5) is 21.5 Å². The number of aromatic nitrogens is 1. The molecule has 4 aromatic rings. The van der Waals surface area contributed by atoms with Crippen LogP contribution in [0.5, 0.6) is 0 Å². The van der Waals surface area contributed by atoms with E-state index in [1.54, 1.807) is 42.5 Å². The Balaban J connectivity index is 1.42. The highest BCUT2D eigenvalue weighted by atomic mass is 19.1. The molecule has 0 aliphatic heterocycles. The Hall–Kier alpha value is -4.17. The van der Waals surface area contributed by atoms with Gasteiger partial charge >= 0.3 is 0 Å². The van der Waals surface area contributed by atoms with Crippen molar-refractivity contribution in [2.45, 2.75) is 58.7 Å². The molecule has 1 unspecified atom stereocenters. The van der Waals surface area contributed by atoms with Gasteiger partial charge in [0, 0.05) is 46.9 Å². The molecule has 0 radical (unpaired) electrons. The number of benzene rings is 3. The van der Waals surface area contributed by atoms with Crippen LogP contribution >= 0.6 is 0 Å². The van der Waals surface area contributed by atoms with Crippen molar-refractivity contribution in [2.24, 2.45) is 5.41 Å². The minimum absolute atomic E-state index is 0.000765. The fraction of sp³-hybridized carbons (Fsp3) is 0.312. The quantitative estimate of drug-likeness (QED) is 0.175. The van der Waals surface area contributed by atoms with Crippen molar-refractivity contribution in [3.8, 4) is 0 Å². The largest absolute Gasteiger partial charge is 0.368 e. The Kier molecular flexibility index (Phi) is 7.89. The van der Waals surface area contributed by atoms with Crippen LogP contribution in [0.2, 0.25) is 0 Å². The summed E-state index contributed by atoms with van der Waals surface area (Å²) in [7, 11) is 0. The lowest BCUT2D eigenvalue weighted by Crippen LogP contribution is -2.22. The monoisotopic (exact) mass is 542 g/mol. The molecule has 40 heavy (non-hydrogen) atoms. The molecule has 2 amide bonds. The van der Waals surface area contributed by atoms with Gasteiger partial charge in [0.05, 0.1) is 12.2 Å². The van der Waals surface area contributed by atoms with Gasteiger partial charge in [0.25, 0.3) is 0 Å². The lowest BCUT2D eigenvalue weighted by molar-refractivity contribution is -0.118. The lowest BCUT2D eigenvalue weighted by Gasteiger charge is -2.22. The van der Waals surface area contributed by atoms with Crippen LogP contribution in [-0.2, 0) is 16.1 Å². The van der Waals surface area contributed by atoms with E-state index in [2.05, 4.69) is 22.9 Å². The van der Waals surface area contributed by atoms with Crippen molar-refractivity contribution >= 4 is 39.8 Å². The number of nitrogens with zero attached hydrogens (tertiary/aromatic N) is 1. The molecule has 1 aliphatic carbocycles. The first kappa shape index (κ1) is 27.4. The summed E-state index contributed by atoms with van der Waals surface area (Å²) >= 11 is 0. The minimum Gasteiger partial charge on any atom is -0.368 e. The Morgan fingerprint density at radius 2 is 1.62 bits per heavy atom. The number of carbonyl (C=O) groups excluding carboxylic acids is 2. The molecule has 8 heteroatoms.